The van der Waals surface area contributed by atoms with Crippen LogP contribution in [-0.2, 0) is 28.8 Å². The van der Waals surface area contributed by atoms with Gasteiger partial charge in [-0.15, -0.1) is 0 Å². The Balaban J connectivity index is 1.66. The summed E-state index contributed by atoms with van der Waals surface area (Å²) in [7, 11) is 0. The van der Waals surface area contributed by atoms with Gasteiger partial charge in [-0.05, 0) is 49.3 Å². The molecule has 114 valence electrons. The average Bonchev–Trinajstić information content (AvgIpc) is 2.60. The van der Waals surface area contributed by atoms with Crippen LogP contribution in [0.15, 0.2) is 18.2 Å². The minimum Gasteiger partial charge on any atom is -0.466 e. The van der Waals surface area contributed by atoms with Gasteiger partial charge in [-0.1, -0.05) is 24.6 Å². The Morgan fingerprint density at radius 1 is 1.24 bits per heavy atom. The number of fused-ring (bicyclic) bond motifs is 1. The number of hydrogen-bond acceptors (Lipinski definition) is 3. The number of rotatable bonds is 4. The third kappa shape index (κ3) is 3.46. The highest BCUT2D eigenvalue weighted by Crippen LogP contribution is 2.27. The normalized spacial score (nSPS) is 19.5. The largest absolute Gasteiger partial charge is 0.466 e. The summed E-state index contributed by atoms with van der Waals surface area (Å²) >= 11 is 0. The van der Waals surface area contributed by atoms with E-state index in [9.17, 15) is 4.79 Å². The molecule has 0 amide bonds. The number of carbonyl (C=O) groups excluding carboxylic acids is 1. The van der Waals surface area contributed by atoms with Crippen LogP contribution in [0.2, 0.25) is 0 Å². The van der Waals surface area contributed by atoms with E-state index in [0.717, 1.165) is 24.4 Å². The van der Waals surface area contributed by atoms with Gasteiger partial charge in [-0.3, -0.25) is 9.69 Å². The summed E-state index contributed by atoms with van der Waals surface area (Å²) in [6.45, 7) is 4.67. The second-order valence-corrected chi connectivity index (χ2v) is 6.21. The van der Waals surface area contributed by atoms with Crippen LogP contribution in [0.25, 0.3) is 0 Å². The van der Waals surface area contributed by atoms with Gasteiger partial charge in [-0.25, -0.2) is 0 Å². The summed E-state index contributed by atoms with van der Waals surface area (Å²) in [4.78, 5) is 14.3. The van der Waals surface area contributed by atoms with E-state index in [0.29, 0.717) is 13.0 Å². The Labute approximate surface area is 127 Å². The number of nitrogens with zero attached hydrogens (tertiary/aromatic N) is 1. The number of benzene rings is 1. The topological polar surface area (TPSA) is 29.5 Å². The fourth-order valence-corrected chi connectivity index (χ4v) is 3.40. The van der Waals surface area contributed by atoms with E-state index in [2.05, 4.69) is 23.1 Å². The predicted molar refractivity (Wildman–Crippen MR) is 83.4 cm³/mol. The van der Waals surface area contributed by atoms with Crippen molar-refractivity contribution >= 4 is 5.97 Å². The molecular formula is C18H25NO2. The minimum atomic E-state index is -0.123. The molecule has 3 nitrogen and oxygen atoms in total. The summed E-state index contributed by atoms with van der Waals surface area (Å²) in [5.74, 6) is -0.123. The van der Waals surface area contributed by atoms with Crippen LogP contribution in [0.3, 0.4) is 0 Å². The number of hydrogen-bond donors (Lipinski definition) is 0. The van der Waals surface area contributed by atoms with E-state index in [4.69, 9.17) is 4.74 Å². The molecule has 21 heavy (non-hydrogen) atoms. The molecule has 3 rings (SSSR count). The lowest BCUT2D eigenvalue weighted by atomic mass is 9.91. The molecule has 0 saturated heterocycles. The van der Waals surface area contributed by atoms with Gasteiger partial charge in [0.25, 0.3) is 0 Å². The second-order valence-electron chi connectivity index (χ2n) is 6.21. The molecule has 3 heteroatoms. The highest BCUT2D eigenvalue weighted by Gasteiger charge is 2.26. The molecular weight excluding hydrogens is 262 g/mol. The zero-order chi connectivity index (χ0) is 14.7. The lowest BCUT2D eigenvalue weighted by molar-refractivity contribution is -0.142. The van der Waals surface area contributed by atoms with Gasteiger partial charge in [-0.2, -0.15) is 0 Å². The smallest absolute Gasteiger partial charge is 0.310 e. The van der Waals surface area contributed by atoms with Gasteiger partial charge in [0, 0.05) is 19.1 Å². The lowest BCUT2D eigenvalue weighted by Crippen LogP contribution is -2.41. The van der Waals surface area contributed by atoms with Gasteiger partial charge in [0.2, 0.25) is 0 Å². The maximum atomic E-state index is 11.6. The highest BCUT2D eigenvalue weighted by molar-refractivity contribution is 5.72. The molecule has 0 aromatic heterocycles. The molecule has 1 saturated carbocycles. The first kappa shape index (κ1) is 14.6. The fourth-order valence-electron chi connectivity index (χ4n) is 3.40. The van der Waals surface area contributed by atoms with Crippen molar-refractivity contribution in [2.45, 2.75) is 51.5 Å². The second kappa shape index (κ2) is 6.61. The van der Waals surface area contributed by atoms with E-state index in [-0.39, 0.29) is 5.97 Å². The summed E-state index contributed by atoms with van der Waals surface area (Å²) in [5.41, 5.74) is 3.98. The summed E-state index contributed by atoms with van der Waals surface area (Å²) in [6, 6.07) is 7.36. The third-order valence-corrected chi connectivity index (χ3v) is 4.85. The predicted octanol–water partition coefficient (Wildman–Crippen LogP) is 2.75. The first-order chi connectivity index (χ1) is 10.3. The summed E-state index contributed by atoms with van der Waals surface area (Å²) < 4.78 is 5.04. The lowest BCUT2D eigenvalue weighted by Gasteiger charge is -2.36. The van der Waals surface area contributed by atoms with E-state index in [1.165, 1.54) is 43.5 Å². The van der Waals surface area contributed by atoms with Gasteiger partial charge in [0.1, 0.15) is 0 Å². The number of carbonyl (C=O) groups is 1. The van der Waals surface area contributed by atoms with Crippen LogP contribution >= 0.6 is 0 Å². The Hall–Kier alpha value is -1.35. The van der Waals surface area contributed by atoms with Crippen molar-refractivity contribution < 1.29 is 9.53 Å². The monoisotopic (exact) mass is 287 g/mol. The molecule has 0 spiro atoms. The summed E-state index contributed by atoms with van der Waals surface area (Å²) in [5, 5.41) is 0. The summed E-state index contributed by atoms with van der Waals surface area (Å²) in [6.07, 6.45) is 6.81. The van der Waals surface area contributed by atoms with E-state index >= 15 is 0 Å². The minimum absolute atomic E-state index is 0.123. The molecule has 0 radical (unpaired) electrons. The maximum Gasteiger partial charge on any atom is 0.310 e. The zero-order valence-corrected chi connectivity index (χ0v) is 12.9. The van der Waals surface area contributed by atoms with Crippen molar-refractivity contribution in [1.29, 1.82) is 0 Å². The van der Waals surface area contributed by atoms with Gasteiger partial charge in [0.05, 0.1) is 13.0 Å². The van der Waals surface area contributed by atoms with Gasteiger partial charge in [0.15, 0.2) is 0 Å². The quantitative estimate of drug-likeness (QED) is 0.798. The molecule has 1 fully saturated rings. The molecule has 1 aliphatic heterocycles. The van der Waals surface area contributed by atoms with Crippen molar-refractivity contribution in [2.24, 2.45) is 0 Å². The molecule has 1 heterocycles. The van der Waals surface area contributed by atoms with Crippen LogP contribution in [0, 0.1) is 0 Å². The number of esters is 1. The molecule has 0 unspecified atom stereocenters. The van der Waals surface area contributed by atoms with Crippen LogP contribution in [0.4, 0.5) is 0 Å². The molecule has 0 bridgehead atoms. The molecule has 2 aliphatic rings. The Bertz CT molecular complexity index is 508. The highest BCUT2D eigenvalue weighted by atomic mass is 16.5. The first-order valence-corrected chi connectivity index (χ1v) is 8.26. The van der Waals surface area contributed by atoms with Crippen molar-refractivity contribution in [3.8, 4) is 0 Å². The van der Waals surface area contributed by atoms with Gasteiger partial charge < -0.3 is 4.74 Å². The van der Waals surface area contributed by atoms with Gasteiger partial charge >= 0.3 is 5.97 Å². The average molecular weight is 287 g/mol. The third-order valence-electron chi connectivity index (χ3n) is 4.85. The Kier molecular flexibility index (Phi) is 4.59. The van der Waals surface area contributed by atoms with Crippen molar-refractivity contribution in [2.75, 3.05) is 19.7 Å². The Morgan fingerprint density at radius 2 is 2.00 bits per heavy atom. The maximum absolute atomic E-state index is 11.6. The molecule has 1 aromatic carbocycles. The SMILES string of the molecule is CCOC(=O)Cc1ccc2c(c1)CCN(C1CCC1)CC2. The standard InChI is InChI=1S/C18H25NO2/c1-2-21-18(20)13-14-6-7-15-8-10-19(17-4-3-5-17)11-9-16(15)12-14/h6-7,12,17H,2-5,8-11,13H2,1H3. The number of ether oxygens (including phenoxy) is 1. The molecule has 0 N–H and O–H groups in total. The molecule has 1 aliphatic carbocycles. The van der Waals surface area contributed by atoms with E-state index < -0.39 is 0 Å². The van der Waals surface area contributed by atoms with Crippen LogP contribution < -0.4 is 0 Å². The van der Waals surface area contributed by atoms with Crippen molar-refractivity contribution in [1.82, 2.24) is 4.90 Å². The fraction of sp³-hybridized carbons (Fsp3) is 0.611. The first-order valence-electron chi connectivity index (χ1n) is 8.26. The zero-order valence-electron chi connectivity index (χ0n) is 12.9. The van der Waals surface area contributed by atoms with Crippen LogP contribution in [0.1, 0.15) is 42.9 Å². The molecule has 1 aromatic rings. The Morgan fingerprint density at radius 3 is 2.67 bits per heavy atom. The van der Waals surface area contributed by atoms with Crippen molar-refractivity contribution in [3.05, 3.63) is 34.9 Å². The molecule has 0 atom stereocenters. The van der Waals surface area contributed by atoms with Crippen LogP contribution in [0.5, 0.6) is 0 Å². The van der Waals surface area contributed by atoms with Crippen LogP contribution in [-0.4, -0.2) is 36.6 Å². The van der Waals surface area contributed by atoms with E-state index in [1.54, 1.807) is 0 Å². The van der Waals surface area contributed by atoms with E-state index in [1.807, 2.05) is 6.92 Å². The van der Waals surface area contributed by atoms with Crippen molar-refractivity contribution in [3.63, 3.8) is 0 Å².